The number of hydrogen-bond acceptors (Lipinski definition) is 4. The van der Waals surface area contributed by atoms with Crippen molar-refractivity contribution in [2.45, 2.75) is 11.8 Å². The average Bonchev–Trinajstić information content (AvgIpc) is 2.62. The van der Waals surface area contributed by atoms with Gasteiger partial charge in [0.05, 0.1) is 6.26 Å². The molecule has 26 heavy (non-hydrogen) atoms. The Morgan fingerprint density at radius 1 is 1.08 bits per heavy atom. The summed E-state index contributed by atoms with van der Waals surface area (Å²) >= 11 is 1.72. The van der Waals surface area contributed by atoms with Crippen molar-refractivity contribution < 1.29 is 13.2 Å². The lowest BCUT2D eigenvalue weighted by Crippen LogP contribution is -2.41. The molecule has 2 aromatic rings. The van der Waals surface area contributed by atoms with Crippen LogP contribution in [0, 0.1) is 0 Å². The van der Waals surface area contributed by atoms with Crippen LogP contribution in [0.15, 0.2) is 60.7 Å². The van der Waals surface area contributed by atoms with Crippen LogP contribution in [-0.4, -0.2) is 44.2 Å². The summed E-state index contributed by atoms with van der Waals surface area (Å²) in [4.78, 5) is 12.6. The Kier molecular flexibility index (Phi) is 7.68. The Labute approximate surface area is 159 Å². The molecule has 7 heteroatoms. The van der Waals surface area contributed by atoms with Crippen LogP contribution in [0.1, 0.15) is 17.2 Å². The number of hydrogen-bond donors (Lipinski definition) is 1. The maximum Gasteiger partial charge on any atom is 0.243 e. The molecular formula is C19H24N2O3S2. The average molecular weight is 393 g/mol. The summed E-state index contributed by atoms with van der Waals surface area (Å²) in [6.45, 7) is 0.483. The fourth-order valence-corrected chi connectivity index (χ4v) is 3.88. The summed E-state index contributed by atoms with van der Waals surface area (Å²) in [6.07, 6.45) is 1.10. The van der Waals surface area contributed by atoms with Gasteiger partial charge in [-0.3, -0.25) is 4.79 Å². The molecule has 0 aliphatic carbocycles. The van der Waals surface area contributed by atoms with E-state index in [1.54, 1.807) is 36.0 Å². The van der Waals surface area contributed by atoms with Crippen LogP contribution in [0.25, 0.3) is 0 Å². The highest BCUT2D eigenvalue weighted by Gasteiger charge is 2.30. The standard InChI is InChI=1S/C19H24N2O3S2/c1-21(26(2,23)24)18(17-11-7-4-8-12-17)19(22)20-13-14-25-15-16-9-5-3-6-10-16/h3-12,18H,13-15H2,1-2H3,(H,20,22)/t18-/m0/s1. The van der Waals surface area contributed by atoms with Gasteiger partial charge in [0.1, 0.15) is 6.04 Å². The summed E-state index contributed by atoms with van der Waals surface area (Å²) in [5, 5.41) is 2.85. The number of carbonyl (C=O) groups is 1. The van der Waals surface area contributed by atoms with E-state index >= 15 is 0 Å². The zero-order chi connectivity index (χ0) is 19.0. The number of carbonyl (C=O) groups excluding carboxylic acids is 1. The minimum atomic E-state index is -3.50. The van der Waals surface area contributed by atoms with Crippen molar-refractivity contribution in [1.29, 1.82) is 0 Å². The van der Waals surface area contributed by atoms with Crippen LogP contribution in [0.2, 0.25) is 0 Å². The van der Waals surface area contributed by atoms with E-state index in [0.717, 1.165) is 22.1 Å². The Hall–Kier alpha value is -1.83. The lowest BCUT2D eigenvalue weighted by atomic mass is 10.1. The molecular weight excluding hydrogens is 368 g/mol. The second kappa shape index (κ2) is 9.75. The molecule has 140 valence electrons. The first kappa shape index (κ1) is 20.5. The lowest BCUT2D eigenvalue weighted by Gasteiger charge is -2.25. The number of benzene rings is 2. The van der Waals surface area contributed by atoms with Crippen molar-refractivity contribution in [2.24, 2.45) is 0 Å². The van der Waals surface area contributed by atoms with Gasteiger partial charge < -0.3 is 5.32 Å². The van der Waals surface area contributed by atoms with E-state index in [0.29, 0.717) is 12.1 Å². The number of nitrogens with zero attached hydrogens (tertiary/aromatic N) is 1. The van der Waals surface area contributed by atoms with Gasteiger partial charge in [0.25, 0.3) is 0 Å². The molecule has 0 radical (unpaired) electrons. The number of amides is 1. The molecule has 0 saturated heterocycles. The number of likely N-dealkylation sites (N-methyl/N-ethyl adjacent to an activating group) is 1. The molecule has 1 N–H and O–H groups in total. The van der Waals surface area contributed by atoms with Crippen molar-refractivity contribution in [3.05, 3.63) is 71.8 Å². The predicted molar refractivity (Wildman–Crippen MR) is 107 cm³/mol. The fraction of sp³-hybridized carbons (Fsp3) is 0.316. The molecule has 0 saturated carbocycles. The van der Waals surface area contributed by atoms with Crippen molar-refractivity contribution in [3.63, 3.8) is 0 Å². The van der Waals surface area contributed by atoms with Crippen LogP contribution in [0.3, 0.4) is 0 Å². The second-order valence-corrected chi connectivity index (χ2v) is 9.07. The van der Waals surface area contributed by atoms with Gasteiger partial charge in [-0.25, -0.2) is 8.42 Å². The minimum absolute atomic E-state index is 0.315. The molecule has 2 aromatic carbocycles. The molecule has 0 bridgehead atoms. The Morgan fingerprint density at radius 2 is 1.65 bits per heavy atom. The van der Waals surface area contributed by atoms with Crippen molar-refractivity contribution >= 4 is 27.7 Å². The number of nitrogens with one attached hydrogen (secondary N) is 1. The van der Waals surface area contributed by atoms with Crippen LogP contribution in [0.4, 0.5) is 0 Å². The molecule has 5 nitrogen and oxygen atoms in total. The molecule has 0 heterocycles. The summed E-state index contributed by atoms with van der Waals surface area (Å²) in [5.41, 5.74) is 1.89. The highest BCUT2D eigenvalue weighted by molar-refractivity contribution is 7.98. The van der Waals surface area contributed by atoms with E-state index in [1.807, 2.05) is 24.3 Å². The Balaban J connectivity index is 1.92. The van der Waals surface area contributed by atoms with Crippen LogP contribution < -0.4 is 5.32 Å². The monoisotopic (exact) mass is 392 g/mol. The maximum atomic E-state index is 12.6. The highest BCUT2D eigenvalue weighted by atomic mass is 32.2. The van der Waals surface area contributed by atoms with E-state index in [2.05, 4.69) is 17.4 Å². The number of thioether (sulfide) groups is 1. The second-order valence-electron chi connectivity index (χ2n) is 5.92. The topological polar surface area (TPSA) is 66.5 Å². The van der Waals surface area contributed by atoms with Gasteiger partial charge in [-0.15, -0.1) is 0 Å². The van der Waals surface area contributed by atoms with E-state index in [4.69, 9.17) is 0 Å². The quantitative estimate of drug-likeness (QED) is 0.666. The fourth-order valence-electron chi connectivity index (χ4n) is 2.46. The molecule has 0 aromatic heterocycles. The Bertz CT molecular complexity index is 796. The van der Waals surface area contributed by atoms with Crippen molar-refractivity contribution in [2.75, 3.05) is 25.6 Å². The van der Waals surface area contributed by atoms with Gasteiger partial charge in [-0.2, -0.15) is 16.1 Å². The van der Waals surface area contributed by atoms with Crippen LogP contribution in [-0.2, 0) is 20.6 Å². The lowest BCUT2D eigenvalue weighted by molar-refractivity contribution is -0.124. The van der Waals surface area contributed by atoms with Crippen molar-refractivity contribution in [1.82, 2.24) is 9.62 Å². The third-order valence-electron chi connectivity index (χ3n) is 3.91. The molecule has 0 spiro atoms. The summed E-state index contributed by atoms with van der Waals surface area (Å²) < 4.78 is 25.0. The predicted octanol–water partition coefficient (Wildman–Crippen LogP) is 2.67. The normalized spacial score (nSPS) is 12.7. The summed E-state index contributed by atoms with van der Waals surface area (Å²) in [5.74, 6) is 1.32. The van der Waals surface area contributed by atoms with Crippen molar-refractivity contribution in [3.8, 4) is 0 Å². The molecule has 1 atom stereocenters. The van der Waals surface area contributed by atoms with Crippen LogP contribution >= 0.6 is 11.8 Å². The zero-order valence-electron chi connectivity index (χ0n) is 15.0. The van der Waals surface area contributed by atoms with Gasteiger partial charge >= 0.3 is 0 Å². The first-order chi connectivity index (χ1) is 12.4. The van der Waals surface area contributed by atoms with Crippen LogP contribution in [0.5, 0.6) is 0 Å². The molecule has 0 aliphatic heterocycles. The van der Waals surface area contributed by atoms with E-state index < -0.39 is 16.1 Å². The van der Waals surface area contributed by atoms with Gasteiger partial charge in [0.15, 0.2) is 0 Å². The molecule has 0 aliphatic rings. The maximum absolute atomic E-state index is 12.6. The Morgan fingerprint density at radius 3 is 2.23 bits per heavy atom. The van der Waals surface area contributed by atoms with Gasteiger partial charge in [0.2, 0.25) is 15.9 Å². The first-order valence-electron chi connectivity index (χ1n) is 8.27. The number of rotatable bonds is 9. The van der Waals surface area contributed by atoms with Gasteiger partial charge in [-0.05, 0) is 11.1 Å². The number of sulfonamides is 1. The van der Waals surface area contributed by atoms with Gasteiger partial charge in [-0.1, -0.05) is 60.7 Å². The largest absolute Gasteiger partial charge is 0.354 e. The van der Waals surface area contributed by atoms with E-state index in [-0.39, 0.29) is 5.91 Å². The zero-order valence-corrected chi connectivity index (χ0v) is 16.6. The summed E-state index contributed by atoms with van der Waals surface area (Å²) in [7, 11) is -2.07. The third kappa shape index (κ3) is 6.16. The van der Waals surface area contributed by atoms with E-state index in [1.165, 1.54) is 12.6 Å². The van der Waals surface area contributed by atoms with E-state index in [9.17, 15) is 13.2 Å². The molecule has 0 fully saturated rings. The SMILES string of the molecule is CN([C@H](C(=O)NCCSCc1ccccc1)c1ccccc1)S(C)(=O)=O. The molecule has 2 rings (SSSR count). The van der Waals surface area contributed by atoms with Gasteiger partial charge in [0, 0.05) is 25.1 Å². The minimum Gasteiger partial charge on any atom is -0.354 e. The highest BCUT2D eigenvalue weighted by Crippen LogP contribution is 2.22. The molecule has 1 amide bonds. The first-order valence-corrected chi connectivity index (χ1v) is 11.3. The smallest absolute Gasteiger partial charge is 0.243 e. The summed E-state index contributed by atoms with van der Waals surface area (Å²) in [6, 6.07) is 18.2. The molecule has 0 unspecified atom stereocenters. The third-order valence-corrected chi connectivity index (χ3v) is 6.19.